The summed E-state index contributed by atoms with van der Waals surface area (Å²) in [7, 11) is 0. The highest BCUT2D eigenvalue weighted by atomic mass is 35.5. The van der Waals surface area contributed by atoms with Gasteiger partial charge in [-0.2, -0.15) is 5.10 Å². The largest absolute Gasteiger partial charge is 0.337 e. The lowest BCUT2D eigenvalue weighted by Gasteiger charge is -2.11. The van der Waals surface area contributed by atoms with E-state index < -0.39 is 0 Å². The van der Waals surface area contributed by atoms with Crippen LogP contribution in [0.1, 0.15) is 24.0 Å². The van der Waals surface area contributed by atoms with Crippen LogP contribution in [0.25, 0.3) is 0 Å². The average Bonchev–Trinajstić information content (AvgIpc) is 3.23. The Morgan fingerprint density at radius 1 is 1.30 bits per heavy atom. The molecule has 0 radical (unpaired) electrons. The number of nitrogens with one attached hydrogen (secondary N) is 2. The maximum atomic E-state index is 12.2. The molecule has 0 unspecified atom stereocenters. The Balaban J connectivity index is 1.58. The molecule has 0 saturated carbocycles. The first-order chi connectivity index (χ1) is 13.1. The third-order valence-corrected chi connectivity index (χ3v) is 4.46. The maximum Gasteiger partial charge on any atom is 0.320 e. The second-order valence-electron chi connectivity index (χ2n) is 6.08. The summed E-state index contributed by atoms with van der Waals surface area (Å²) in [5.74, 6) is 1.46. The van der Waals surface area contributed by atoms with Crippen molar-refractivity contribution in [2.24, 2.45) is 0 Å². The number of carbonyl (C=O) groups is 1. The molecule has 0 bridgehead atoms. The zero-order valence-corrected chi connectivity index (χ0v) is 16.1. The topological polar surface area (TPSA) is 89.7 Å². The normalized spacial score (nSPS) is 10.8. The number of halogens is 1. The number of amides is 2. The first-order valence-electron chi connectivity index (χ1n) is 8.76. The van der Waals surface area contributed by atoms with Gasteiger partial charge >= 0.3 is 6.03 Å². The van der Waals surface area contributed by atoms with E-state index in [0.29, 0.717) is 30.4 Å². The van der Waals surface area contributed by atoms with Gasteiger partial charge in [0, 0.05) is 30.6 Å². The summed E-state index contributed by atoms with van der Waals surface area (Å²) in [5.41, 5.74) is 1.75. The fourth-order valence-corrected chi connectivity index (χ4v) is 2.94. The molecule has 3 rings (SSSR count). The van der Waals surface area contributed by atoms with Crippen molar-refractivity contribution in [1.29, 1.82) is 0 Å². The molecule has 0 atom stereocenters. The third-order valence-electron chi connectivity index (χ3n) is 4.09. The number of anilines is 1. The predicted molar refractivity (Wildman–Crippen MR) is 104 cm³/mol. The highest BCUT2D eigenvalue weighted by molar-refractivity contribution is 6.31. The van der Waals surface area contributed by atoms with Crippen LogP contribution in [0.3, 0.4) is 0 Å². The summed E-state index contributed by atoms with van der Waals surface area (Å²) in [4.78, 5) is 12.2. The lowest BCUT2D eigenvalue weighted by atomic mass is 10.2. The van der Waals surface area contributed by atoms with Gasteiger partial charge in [0.25, 0.3) is 0 Å². The molecule has 0 aliphatic heterocycles. The molecule has 27 heavy (non-hydrogen) atoms. The Kier molecular flexibility index (Phi) is 6.08. The van der Waals surface area contributed by atoms with Crippen molar-refractivity contribution in [1.82, 2.24) is 29.9 Å². The number of rotatable bonds is 7. The van der Waals surface area contributed by atoms with E-state index in [9.17, 15) is 4.79 Å². The van der Waals surface area contributed by atoms with Crippen LogP contribution in [-0.2, 0) is 19.5 Å². The smallest absolute Gasteiger partial charge is 0.320 e. The molecule has 0 aliphatic carbocycles. The molecule has 2 amide bonds. The summed E-state index contributed by atoms with van der Waals surface area (Å²) < 4.78 is 3.67. The lowest BCUT2D eigenvalue weighted by Crippen LogP contribution is -2.31. The van der Waals surface area contributed by atoms with E-state index in [0.717, 1.165) is 23.6 Å². The molecule has 9 heteroatoms. The molecule has 2 N–H and O–H groups in total. The van der Waals surface area contributed by atoms with Crippen LogP contribution >= 0.6 is 11.6 Å². The van der Waals surface area contributed by atoms with Gasteiger partial charge in [0.05, 0.1) is 12.2 Å². The van der Waals surface area contributed by atoms with Crippen molar-refractivity contribution >= 4 is 23.4 Å². The van der Waals surface area contributed by atoms with Crippen molar-refractivity contribution in [2.45, 2.75) is 33.4 Å². The van der Waals surface area contributed by atoms with Gasteiger partial charge in [-0.3, -0.25) is 5.32 Å². The van der Waals surface area contributed by atoms with Gasteiger partial charge in [0.15, 0.2) is 0 Å². The first kappa shape index (κ1) is 18.9. The molecule has 8 nitrogen and oxygen atoms in total. The zero-order chi connectivity index (χ0) is 19.2. The van der Waals surface area contributed by atoms with Crippen molar-refractivity contribution < 1.29 is 4.79 Å². The van der Waals surface area contributed by atoms with E-state index in [1.807, 2.05) is 48.7 Å². The predicted octanol–water partition coefficient (Wildman–Crippen LogP) is 2.87. The van der Waals surface area contributed by atoms with Crippen LogP contribution in [0.2, 0.25) is 5.02 Å². The Morgan fingerprint density at radius 3 is 2.89 bits per heavy atom. The third kappa shape index (κ3) is 4.85. The van der Waals surface area contributed by atoms with E-state index >= 15 is 0 Å². The Labute approximate surface area is 162 Å². The van der Waals surface area contributed by atoms with Gasteiger partial charge in [0.1, 0.15) is 18.0 Å². The molecule has 0 fully saturated rings. The number of aryl methyl sites for hydroxylation is 2. The zero-order valence-electron chi connectivity index (χ0n) is 15.3. The van der Waals surface area contributed by atoms with E-state index in [2.05, 4.69) is 25.9 Å². The number of aromatic nitrogens is 5. The van der Waals surface area contributed by atoms with Gasteiger partial charge in [-0.25, -0.2) is 9.48 Å². The molecule has 0 spiro atoms. The van der Waals surface area contributed by atoms with Crippen LogP contribution < -0.4 is 10.6 Å². The highest BCUT2D eigenvalue weighted by Gasteiger charge is 2.11. The van der Waals surface area contributed by atoms with Gasteiger partial charge in [-0.15, -0.1) is 10.2 Å². The minimum absolute atomic E-state index is 0.294. The van der Waals surface area contributed by atoms with E-state index in [1.165, 1.54) is 0 Å². The van der Waals surface area contributed by atoms with Crippen LogP contribution in [0, 0.1) is 6.92 Å². The van der Waals surface area contributed by atoms with E-state index in [1.54, 1.807) is 11.0 Å². The number of hydrogen-bond acceptors (Lipinski definition) is 4. The number of hydrogen-bond donors (Lipinski definition) is 2. The molecule has 2 aromatic heterocycles. The number of urea groups is 1. The van der Waals surface area contributed by atoms with Gasteiger partial charge in [0.2, 0.25) is 0 Å². The molecule has 0 aliphatic rings. The standard InChI is InChI=1S/C18H22ClN7O/c1-3-25-12-21-23-16(25)8-9-20-18(27)22-17-10-13(2)24-26(17)11-14-6-4-5-7-15(14)19/h4-7,10,12H,3,8-9,11H2,1-2H3,(H2,20,22,27). The quantitative estimate of drug-likeness (QED) is 0.652. The molecular weight excluding hydrogens is 366 g/mol. The van der Waals surface area contributed by atoms with Crippen LogP contribution in [0.4, 0.5) is 10.6 Å². The summed E-state index contributed by atoms with van der Waals surface area (Å²) in [5, 5.41) is 18.7. The van der Waals surface area contributed by atoms with Crippen LogP contribution in [0.5, 0.6) is 0 Å². The van der Waals surface area contributed by atoms with Gasteiger partial charge in [-0.1, -0.05) is 29.8 Å². The van der Waals surface area contributed by atoms with E-state index in [4.69, 9.17) is 11.6 Å². The molecule has 3 aromatic rings. The van der Waals surface area contributed by atoms with Crippen molar-refractivity contribution in [3.8, 4) is 0 Å². The summed E-state index contributed by atoms with van der Waals surface area (Å²) in [6, 6.07) is 9.11. The van der Waals surface area contributed by atoms with Crippen molar-refractivity contribution in [3.05, 3.63) is 58.8 Å². The summed E-state index contributed by atoms with van der Waals surface area (Å²) in [6.07, 6.45) is 2.30. The number of nitrogens with zero attached hydrogens (tertiary/aromatic N) is 5. The number of carbonyl (C=O) groups excluding carboxylic acids is 1. The number of benzene rings is 1. The molecular formula is C18H22ClN7O. The van der Waals surface area contributed by atoms with Gasteiger partial charge < -0.3 is 9.88 Å². The Bertz CT molecular complexity index is 918. The monoisotopic (exact) mass is 387 g/mol. The van der Waals surface area contributed by atoms with E-state index in [-0.39, 0.29) is 6.03 Å². The first-order valence-corrected chi connectivity index (χ1v) is 9.14. The summed E-state index contributed by atoms with van der Waals surface area (Å²) >= 11 is 6.23. The average molecular weight is 388 g/mol. The minimum Gasteiger partial charge on any atom is -0.337 e. The lowest BCUT2D eigenvalue weighted by molar-refractivity contribution is 0.252. The SMILES string of the molecule is CCn1cnnc1CCNC(=O)Nc1cc(C)nn1Cc1ccccc1Cl. The second kappa shape index (κ2) is 8.68. The molecule has 1 aromatic carbocycles. The molecule has 2 heterocycles. The fourth-order valence-electron chi connectivity index (χ4n) is 2.74. The Morgan fingerprint density at radius 2 is 2.11 bits per heavy atom. The molecule has 142 valence electrons. The second-order valence-corrected chi connectivity index (χ2v) is 6.49. The Hall–Kier alpha value is -2.87. The fraction of sp³-hybridized carbons (Fsp3) is 0.333. The van der Waals surface area contributed by atoms with Crippen LogP contribution in [-0.4, -0.2) is 37.1 Å². The van der Waals surface area contributed by atoms with Gasteiger partial charge in [-0.05, 0) is 25.5 Å². The minimum atomic E-state index is -0.294. The van der Waals surface area contributed by atoms with Crippen LogP contribution in [0.15, 0.2) is 36.7 Å². The maximum absolute atomic E-state index is 12.2. The van der Waals surface area contributed by atoms with Crippen molar-refractivity contribution in [2.75, 3.05) is 11.9 Å². The van der Waals surface area contributed by atoms with Crippen molar-refractivity contribution in [3.63, 3.8) is 0 Å². The summed E-state index contributed by atoms with van der Waals surface area (Å²) in [6.45, 7) is 5.64. The molecule has 0 saturated heterocycles. The highest BCUT2D eigenvalue weighted by Crippen LogP contribution is 2.19.